The Balaban J connectivity index is 1.96. The molecule has 8 heteroatoms. The molecule has 0 aromatic heterocycles. The molecule has 0 saturated heterocycles. The second-order valence-corrected chi connectivity index (χ2v) is 7.72. The molecule has 0 spiro atoms. The number of unbranched alkanes of at least 4 members (excludes halogenated alkanes) is 1. The largest absolute Gasteiger partial charge is 0.493 e. The highest BCUT2D eigenvalue weighted by molar-refractivity contribution is 9.10. The van der Waals surface area contributed by atoms with Gasteiger partial charge in [0.15, 0.2) is 16.6 Å². The van der Waals surface area contributed by atoms with E-state index < -0.39 is 0 Å². The SMILES string of the molecule is CCCCOc1ccc(CNC(=S)NC(=O)c2cc(Br)ccc2OCC)cc1OC. The van der Waals surface area contributed by atoms with Crippen molar-refractivity contribution < 1.29 is 19.0 Å². The fourth-order valence-corrected chi connectivity index (χ4v) is 3.15. The van der Waals surface area contributed by atoms with Crippen LogP contribution in [0.3, 0.4) is 0 Å². The zero-order chi connectivity index (χ0) is 21.9. The molecule has 162 valence electrons. The number of halogens is 1. The Morgan fingerprint density at radius 1 is 1.07 bits per heavy atom. The van der Waals surface area contributed by atoms with Gasteiger partial charge < -0.3 is 19.5 Å². The summed E-state index contributed by atoms with van der Waals surface area (Å²) in [7, 11) is 1.61. The number of benzene rings is 2. The van der Waals surface area contributed by atoms with Crippen LogP contribution in [0.25, 0.3) is 0 Å². The first-order valence-corrected chi connectivity index (χ1v) is 11.0. The summed E-state index contributed by atoms with van der Waals surface area (Å²) < 4.78 is 17.5. The van der Waals surface area contributed by atoms with Gasteiger partial charge in [-0.1, -0.05) is 35.3 Å². The maximum absolute atomic E-state index is 12.6. The third kappa shape index (κ3) is 7.18. The number of thiocarbonyl (C=S) groups is 1. The molecule has 0 aliphatic rings. The molecule has 0 saturated carbocycles. The quantitative estimate of drug-likeness (QED) is 0.363. The van der Waals surface area contributed by atoms with Gasteiger partial charge in [0.2, 0.25) is 0 Å². The number of nitrogens with one attached hydrogen (secondary N) is 2. The standard InChI is InChI=1S/C22H27BrN2O4S/c1-4-6-11-29-19-9-7-15(12-20(19)27-3)14-24-22(30)25-21(26)17-13-16(23)8-10-18(17)28-5-2/h7-10,12-13H,4-6,11,14H2,1-3H3,(H2,24,25,26,30). The van der Waals surface area contributed by atoms with Gasteiger partial charge in [-0.15, -0.1) is 0 Å². The average Bonchev–Trinajstić information content (AvgIpc) is 2.74. The molecule has 0 aliphatic heterocycles. The first-order valence-electron chi connectivity index (χ1n) is 9.79. The Morgan fingerprint density at radius 2 is 1.83 bits per heavy atom. The van der Waals surface area contributed by atoms with E-state index in [0.717, 1.165) is 22.9 Å². The van der Waals surface area contributed by atoms with Crippen LogP contribution in [0.15, 0.2) is 40.9 Å². The lowest BCUT2D eigenvalue weighted by molar-refractivity contribution is 0.0973. The summed E-state index contributed by atoms with van der Waals surface area (Å²) in [5.41, 5.74) is 1.36. The van der Waals surface area contributed by atoms with Crippen LogP contribution in [0.1, 0.15) is 42.6 Å². The Bertz CT molecular complexity index is 876. The molecule has 2 rings (SSSR count). The summed E-state index contributed by atoms with van der Waals surface area (Å²) in [5, 5.41) is 5.96. The van der Waals surface area contributed by atoms with Crippen LogP contribution in [0.5, 0.6) is 17.2 Å². The van der Waals surface area contributed by atoms with Gasteiger partial charge in [0.1, 0.15) is 5.75 Å². The molecule has 0 aliphatic carbocycles. The van der Waals surface area contributed by atoms with Gasteiger partial charge in [-0.05, 0) is 61.5 Å². The number of carbonyl (C=O) groups is 1. The molecule has 1 amide bonds. The van der Waals surface area contributed by atoms with Crippen molar-refractivity contribution in [3.63, 3.8) is 0 Å². The molecule has 6 nitrogen and oxygen atoms in total. The smallest absolute Gasteiger partial charge is 0.261 e. The highest BCUT2D eigenvalue weighted by Crippen LogP contribution is 2.28. The molecule has 2 N–H and O–H groups in total. The molecular formula is C22H27BrN2O4S. The molecular weight excluding hydrogens is 468 g/mol. The van der Waals surface area contributed by atoms with E-state index in [1.165, 1.54) is 0 Å². The molecule has 0 atom stereocenters. The van der Waals surface area contributed by atoms with Gasteiger partial charge in [-0.3, -0.25) is 10.1 Å². The lowest BCUT2D eigenvalue weighted by atomic mass is 10.2. The highest BCUT2D eigenvalue weighted by Gasteiger charge is 2.15. The van der Waals surface area contributed by atoms with Crippen molar-refractivity contribution in [2.75, 3.05) is 20.3 Å². The normalized spacial score (nSPS) is 10.3. The number of methoxy groups -OCH3 is 1. The van der Waals surface area contributed by atoms with Gasteiger partial charge in [0, 0.05) is 11.0 Å². The van der Waals surface area contributed by atoms with E-state index in [0.29, 0.717) is 42.6 Å². The van der Waals surface area contributed by atoms with Crippen molar-refractivity contribution in [1.29, 1.82) is 0 Å². The second-order valence-electron chi connectivity index (χ2n) is 6.40. The molecule has 0 bridgehead atoms. The van der Waals surface area contributed by atoms with Gasteiger partial charge in [-0.2, -0.15) is 0 Å². The van der Waals surface area contributed by atoms with Gasteiger partial charge in [0.05, 0.1) is 25.9 Å². The zero-order valence-corrected chi connectivity index (χ0v) is 19.8. The number of ether oxygens (including phenoxy) is 3. The highest BCUT2D eigenvalue weighted by atomic mass is 79.9. The summed E-state index contributed by atoms with van der Waals surface area (Å²) in [6, 6.07) is 11.0. The zero-order valence-electron chi connectivity index (χ0n) is 17.4. The van der Waals surface area contributed by atoms with Crippen LogP contribution in [0.4, 0.5) is 0 Å². The third-order valence-corrected chi connectivity index (χ3v) is 4.89. The van der Waals surface area contributed by atoms with Crippen molar-refractivity contribution in [1.82, 2.24) is 10.6 Å². The minimum absolute atomic E-state index is 0.227. The van der Waals surface area contributed by atoms with Crippen LogP contribution < -0.4 is 24.8 Å². The number of hydrogen-bond donors (Lipinski definition) is 2. The van der Waals surface area contributed by atoms with Gasteiger partial charge in [-0.25, -0.2) is 0 Å². The van der Waals surface area contributed by atoms with Crippen molar-refractivity contribution in [2.45, 2.75) is 33.2 Å². The average molecular weight is 495 g/mol. The molecule has 2 aromatic carbocycles. The first kappa shape index (κ1) is 24.0. The lowest BCUT2D eigenvalue weighted by Gasteiger charge is -2.14. The molecule has 2 aromatic rings. The minimum Gasteiger partial charge on any atom is -0.493 e. The Morgan fingerprint density at radius 3 is 2.53 bits per heavy atom. The maximum Gasteiger partial charge on any atom is 0.261 e. The van der Waals surface area contributed by atoms with Crippen LogP contribution in [-0.4, -0.2) is 31.3 Å². The lowest BCUT2D eigenvalue weighted by Crippen LogP contribution is -2.39. The van der Waals surface area contributed by atoms with Crippen molar-refractivity contribution in [3.05, 3.63) is 52.0 Å². The van der Waals surface area contributed by atoms with E-state index in [9.17, 15) is 4.79 Å². The number of carbonyl (C=O) groups excluding carboxylic acids is 1. The predicted octanol–water partition coefficient (Wildman–Crippen LogP) is 4.84. The van der Waals surface area contributed by atoms with Crippen LogP contribution in [0, 0.1) is 0 Å². The van der Waals surface area contributed by atoms with E-state index in [1.807, 2.05) is 31.2 Å². The third-order valence-electron chi connectivity index (χ3n) is 4.15. The van der Waals surface area contributed by atoms with E-state index in [1.54, 1.807) is 19.2 Å². The Labute approximate surface area is 191 Å². The first-order chi connectivity index (χ1) is 14.5. The summed E-state index contributed by atoms with van der Waals surface area (Å²) in [4.78, 5) is 12.6. The molecule has 0 fully saturated rings. The summed E-state index contributed by atoms with van der Waals surface area (Å²) in [5.74, 6) is 1.54. The summed E-state index contributed by atoms with van der Waals surface area (Å²) in [6.07, 6.45) is 2.06. The van der Waals surface area contributed by atoms with Crippen molar-refractivity contribution >= 4 is 39.2 Å². The summed E-state index contributed by atoms with van der Waals surface area (Å²) in [6.45, 7) is 5.53. The number of amides is 1. The fraction of sp³-hybridized carbons (Fsp3) is 0.364. The number of rotatable bonds is 10. The topological polar surface area (TPSA) is 68.8 Å². The Hall–Kier alpha value is -2.32. The number of hydrogen-bond acceptors (Lipinski definition) is 5. The summed E-state index contributed by atoms with van der Waals surface area (Å²) >= 11 is 8.65. The maximum atomic E-state index is 12.6. The monoisotopic (exact) mass is 494 g/mol. The van der Waals surface area contributed by atoms with Crippen LogP contribution in [-0.2, 0) is 6.54 Å². The fourth-order valence-electron chi connectivity index (χ4n) is 2.63. The van der Waals surface area contributed by atoms with E-state index in [4.69, 9.17) is 26.4 Å². The van der Waals surface area contributed by atoms with Crippen LogP contribution >= 0.6 is 28.1 Å². The molecule has 0 radical (unpaired) electrons. The van der Waals surface area contributed by atoms with Crippen molar-refractivity contribution in [2.24, 2.45) is 0 Å². The van der Waals surface area contributed by atoms with Crippen molar-refractivity contribution in [3.8, 4) is 17.2 Å². The van der Waals surface area contributed by atoms with Gasteiger partial charge >= 0.3 is 0 Å². The van der Waals surface area contributed by atoms with Gasteiger partial charge in [0.25, 0.3) is 5.91 Å². The van der Waals surface area contributed by atoms with E-state index >= 15 is 0 Å². The Kier molecular flexibility index (Phi) is 9.89. The van der Waals surface area contributed by atoms with E-state index in [2.05, 4.69) is 33.5 Å². The van der Waals surface area contributed by atoms with E-state index in [-0.39, 0.29) is 11.0 Å². The second kappa shape index (κ2) is 12.4. The van der Waals surface area contributed by atoms with Crippen LogP contribution in [0.2, 0.25) is 0 Å². The molecule has 30 heavy (non-hydrogen) atoms. The molecule has 0 unspecified atom stereocenters. The predicted molar refractivity (Wildman–Crippen MR) is 126 cm³/mol. The molecule has 0 heterocycles. The minimum atomic E-state index is -0.338.